The molecule has 1 aromatic carbocycles. The molecule has 4 heteroatoms. The van der Waals surface area contributed by atoms with Gasteiger partial charge in [0.15, 0.2) is 11.6 Å². The second-order valence-electron chi connectivity index (χ2n) is 5.49. The number of nitrogens with zero attached hydrogens (tertiary/aromatic N) is 1. The minimum atomic E-state index is -1.07. The van der Waals surface area contributed by atoms with Gasteiger partial charge in [-0.3, -0.25) is 4.79 Å². The van der Waals surface area contributed by atoms with Crippen molar-refractivity contribution in [3.63, 3.8) is 0 Å². The highest BCUT2D eigenvalue weighted by atomic mass is 19.2. The largest absolute Gasteiger partial charge is 0.318 e. The first-order valence-electron chi connectivity index (χ1n) is 5.71. The van der Waals surface area contributed by atoms with Gasteiger partial charge in [-0.05, 0) is 22.4 Å². The van der Waals surface area contributed by atoms with Crippen molar-refractivity contribution >= 4 is 10.8 Å². The fourth-order valence-electron chi connectivity index (χ4n) is 2.08. The minimum Gasteiger partial charge on any atom is -0.318 e. The summed E-state index contributed by atoms with van der Waals surface area (Å²) in [5, 5.41) is 0.300. The third-order valence-corrected chi connectivity index (χ3v) is 3.05. The lowest BCUT2D eigenvalue weighted by molar-refractivity contribution is 0.515. The summed E-state index contributed by atoms with van der Waals surface area (Å²) in [5.41, 5.74) is 0.0436. The standard InChI is InChI=1S/C14H15F2NO/c1-14(2,3)9-7-17(4)13(18)11-8(9)5-6-10(15)12(11)16/h5-7H,1-4H3. The molecular weight excluding hydrogens is 236 g/mol. The summed E-state index contributed by atoms with van der Waals surface area (Å²) in [4.78, 5) is 11.9. The van der Waals surface area contributed by atoms with Gasteiger partial charge in [-0.2, -0.15) is 0 Å². The Hall–Kier alpha value is -1.71. The molecule has 96 valence electrons. The normalized spacial score (nSPS) is 12.1. The Kier molecular flexibility index (Phi) is 2.76. The van der Waals surface area contributed by atoms with E-state index in [1.165, 1.54) is 10.6 Å². The third kappa shape index (κ3) is 1.82. The number of aromatic nitrogens is 1. The fraction of sp³-hybridized carbons (Fsp3) is 0.357. The van der Waals surface area contributed by atoms with E-state index in [0.717, 1.165) is 11.6 Å². The van der Waals surface area contributed by atoms with Crippen LogP contribution < -0.4 is 5.56 Å². The third-order valence-electron chi connectivity index (χ3n) is 3.05. The lowest BCUT2D eigenvalue weighted by Gasteiger charge is -2.22. The van der Waals surface area contributed by atoms with Crippen molar-refractivity contribution in [3.05, 3.63) is 45.9 Å². The molecule has 18 heavy (non-hydrogen) atoms. The fourth-order valence-corrected chi connectivity index (χ4v) is 2.08. The quantitative estimate of drug-likeness (QED) is 0.705. The van der Waals surface area contributed by atoms with Gasteiger partial charge in [-0.15, -0.1) is 0 Å². The molecule has 1 aromatic heterocycles. The number of pyridine rings is 1. The number of benzene rings is 1. The van der Waals surface area contributed by atoms with Crippen LogP contribution in [0.1, 0.15) is 26.3 Å². The van der Waals surface area contributed by atoms with E-state index in [9.17, 15) is 13.6 Å². The van der Waals surface area contributed by atoms with Crippen molar-refractivity contribution in [1.82, 2.24) is 4.57 Å². The van der Waals surface area contributed by atoms with E-state index in [-0.39, 0.29) is 10.8 Å². The van der Waals surface area contributed by atoms with Gasteiger partial charge in [0.25, 0.3) is 5.56 Å². The van der Waals surface area contributed by atoms with Crippen LogP contribution >= 0.6 is 0 Å². The molecule has 2 aromatic rings. The molecule has 0 aliphatic carbocycles. The Bertz CT molecular complexity index is 681. The monoisotopic (exact) mass is 251 g/mol. The molecule has 0 radical (unpaired) electrons. The Labute approximate surface area is 104 Å². The van der Waals surface area contributed by atoms with Crippen LogP contribution in [-0.4, -0.2) is 4.57 Å². The first kappa shape index (κ1) is 12.7. The molecule has 2 rings (SSSR count). The molecule has 0 aliphatic heterocycles. The van der Waals surface area contributed by atoms with Gasteiger partial charge in [0.1, 0.15) is 0 Å². The lowest BCUT2D eigenvalue weighted by Crippen LogP contribution is -2.23. The summed E-state index contributed by atoms with van der Waals surface area (Å²) in [6.45, 7) is 5.90. The zero-order valence-electron chi connectivity index (χ0n) is 10.8. The van der Waals surface area contributed by atoms with Gasteiger partial charge in [-0.1, -0.05) is 26.8 Å². The van der Waals surface area contributed by atoms with Gasteiger partial charge >= 0.3 is 0 Å². The molecule has 0 spiro atoms. The molecule has 0 bridgehead atoms. The van der Waals surface area contributed by atoms with Gasteiger partial charge in [0, 0.05) is 13.2 Å². The van der Waals surface area contributed by atoms with Crippen molar-refractivity contribution in [1.29, 1.82) is 0 Å². The molecule has 1 heterocycles. The summed E-state index contributed by atoms with van der Waals surface area (Å²) >= 11 is 0. The average molecular weight is 251 g/mol. The Morgan fingerprint density at radius 2 is 1.78 bits per heavy atom. The average Bonchev–Trinajstić information content (AvgIpc) is 2.26. The maximum absolute atomic E-state index is 13.8. The molecule has 2 nitrogen and oxygen atoms in total. The molecule has 0 saturated carbocycles. The topological polar surface area (TPSA) is 22.0 Å². The van der Waals surface area contributed by atoms with E-state index in [0.29, 0.717) is 5.39 Å². The Balaban J connectivity index is 3.06. The Morgan fingerprint density at radius 3 is 2.33 bits per heavy atom. The summed E-state index contributed by atoms with van der Waals surface area (Å²) in [6.07, 6.45) is 1.68. The van der Waals surface area contributed by atoms with Crippen LogP contribution in [-0.2, 0) is 12.5 Å². The number of fused-ring (bicyclic) bond motifs is 1. The van der Waals surface area contributed by atoms with Crippen molar-refractivity contribution in [2.24, 2.45) is 7.05 Å². The second kappa shape index (κ2) is 3.90. The summed E-state index contributed by atoms with van der Waals surface area (Å²) in [5.74, 6) is -2.06. The Morgan fingerprint density at radius 1 is 1.17 bits per heavy atom. The number of halogens is 2. The van der Waals surface area contributed by atoms with Crippen LogP contribution in [0.3, 0.4) is 0 Å². The molecule has 0 N–H and O–H groups in total. The molecular formula is C14H15F2NO. The maximum Gasteiger partial charge on any atom is 0.261 e. The van der Waals surface area contributed by atoms with E-state index in [1.54, 1.807) is 13.2 Å². The van der Waals surface area contributed by atoms with Crippen LogP contribution in [0.5, 0.6) is 0 Å². The molecule has 0 unspecified atom stereocenters. The van der Waals surface area contributed by atoms with E-state index < -0.39 is 17.2 Å². The van der Waals surface area contributed by atoms with E-state index >= 15 is 0 Å². The predicted molar refractivity (Wildman–Crippen MR) is 67.8 cm³/mol. The number of aryl methyl sites for hydroxylation is 1. The van der Waals surface area contributed by atoms with Crippen molar-refractivity contribution in [2.75, 3.05) is 0 Å². The zero-order chi connectivity index (χ0) is 13.7. The van der Waals surface area contributed by atoms with E-state index in [1.807, 2.05) is 20.8 Å². The van der Waals surface area contributed by atoms with Crippen molar-refractivity contribution in [3.8, 4) is 0 Å². The van der Waals surface area contributed by atoms with Gasteiger partial charge in [0.05, 0.1) is 5.39 Å². The molecule has 0 fully saturated rings. The number of hydrogen-bond acceptors (Lipinski definition) is 1. The zero-order valence-corrected chi connectivity index (χ0v) is 10.8. The van der Waals surface area contributed by atoms with Gasteiger partial charge in [-0.25, -0.2) is 8.78 Å². The van der Waals surface area contributed by atoms with Crippen molar-refractivity contribution < 1.29 is 8.78 Å². The van der Waals surface area contributed by atoms with Crippen molar-refractivity contribution in [2.45, 2.75) is 26.2 Å². The van der Waals surface area contributed by atoms with Crippen LogP contribution in [0, 0.1) is 11.6 Å². The molecule has 0 aliphatic rings. The van der Waals surface area contributed by atoms with Crippen LogP contribution in [0.2, 0.25) is 0 Å². The number of rotatable bonds is 0. The maximum atomic E-state index is 13.8. The van der Waals surface area contributed by atoms with Gasteiger partial charge < -0.3 is 4.57 Å². The SMILES string of the molecule is Cn1cc(C(C)(C)C)c2ccc(F)c(F)c2c1=O. The van der Waals surface area contributed by atoms with Crippen LogP contribution in [0.4, 0.5) is 8.78 Å². The summed E-state index contributed by atoms with van der Waals surface area (Å²) in [7, 11) is 1.54. The highest BCUT2D eigenvalue weighted by Gasteiger charge is 2.22. The summed E-state index contributed by atoms with van der Waals surface area (Å²) < 4.78 is 28.4. The van der Waals surface area contributed by atoms with Crippen LogP contribution in [0.25, 0.3) is 10.8 Å². The van der Waals surface area contributed by atoms with Crippen LogP contribution in [0.15, 0.2) is 23.1 Å². The molecule has 0 atom stereocenters. The summed E-state index contributed by atoms with van der Waals surface area (Å²) in [6, 6.07) is 2.53. The lowest BCUT2D eigenvalue weighted by atomic mass is 9.85. The smallest absolute Gasteiger partial charge is 0.261 e. The first-order valence-corrected chi connectivity index (χ1v) is 5.71. The molecule has 0 saturated heterocycles. The molecule has 0 amide bonds. The highest BCUT2D eigenvalue weighted by Crippen LogP contribution is 2.29. The number of hydrogen-bond donors (Lipinski definition) is 0. The first-order chi connectivity index (χ1) is 8.23. The highest BCUT2D eigenvalue weighted by molar-refractivity contribution is 5.86. The van der Waals surface area contributed by atoms with Gasteiger partial charge in [0.2, 0.25) is 0 Å². The minimum absolute atomic E-state index is 0.176. The van der Waals surface area contributed by atoms with E-state index in [2.05, 4.69) is 0 Å². The second-order valence-corrected chi connectivity index (χ2v) is 5.49. The predicted octanol–water partition coefficient (Wildman–Crippen LogP) is 3.11. The van der Waals surface area contributed by atoms with E-state index in [4.69, 9.17) is 0 Å².